The average molecular weight is 618 g/mol. The van der Waals surface area contributed by atoms with Crippen LogP contribution in [-0.4, -0.2) is 84.9 Å². The van der Waals surface area contributed by atoms with Crippen LogP contribution in [0.15, 0.2) is 42.5 Å². The molecule has 4 rings (SSSR count). The molecule has 3 atom stereocenters. The van der Waals surface area contributed by atoms with Gasteiger partial charge in [-0.05, 0) is 73.7 Å². The van der Waals surface area contributed by atoms with Gasteiger partial charge in [-0.3, -0.25) is 4.79 Å². The quantitative estimate of drug-likeness (QED) is 0.253. The normalized spacial score (nSPS) is 19.0. The van der Waals surface area contributed by atoms with Crippen molar-refractivity contribution in [1.82, 2.24) is 16.0 Å². The highest BCUT2D eigenvalue weighted by atomic mass is 35.5. The third-order valence-corrected chi connectivity index (χ3v) is 8.00. The largest absolute Gasteiger partial charge is 0.493 e. The van der Waals surface area contributed by atoms with E-state index >= 15 is 0 Å². The number of carbonyl (C=O) groups is 2. The number of benzene rings is 2. The molecule has 2 saturated heterocycles. The second kappa shape index (κ2) is 16.3. The summed E-state index contributed by atoms with van der Waals surface area (Å²) in [7, 11) is 3.22. The minimum absolute atomic E-state index is 0.0797. The summed E-state index contributed by atoms with van der Waals surface area (Å²) in [6.07, 6.45) is 2.02. The minimum Gasteiger partial charge on any atom is -0.493 e. The molecule has 2 aliphatic heterocycles. The Morgan fingerprint density at radius 1 is 1.12 bits per heavy atom. The summed E-state index contributed by atoms with van der Waals surface area (Å²) in [5.41, 5.74) is 1.91. The fourth-order valence-corrected chi connectivity index (χ4v) is 5.45. The average Bonchev–Trinajstić information content (AvgIpc) is 3.01. The number of alkyl carbamates (subject to hydrolysis) is 1. The lowest BCUT2D eigenvalue weighted by atomic mass is 9.90. The molecular weight excluding hydrogens is 574 g/mol. The summed E-state index contributed by atoms with van der Waals surface area (Å²) >= 11 is 6.34. The number of carbonyl (C=O) groups excluding carboxylic acids is 2. The van der Waals surface area contributed by atoms with Crippen molar-refractivity contribution in [3.8, 4) is 5.75 Å². The SMILES string of the molecule is CN[C@H](CNC(=O)c1cc(OCC2(C)COC2)cc(C(OCCNC(=O)OC)c2cccc(Cl)c2)c1)C[C@H]1CCCOC1. The highest BCUT2D eigenvalue weighted by molar-refractivity contribution is 6.30. The van der Waals surface area contributed by atoms with Gasteiger partial charge in [-0.2, -0.15) is 0 Å². The fraction of sp³-hybridized carbons (Fsp3) is 0.562. The first-order valence-corrected chi connectivity index (χ1v) is 15.2. The Kier molecular flexibility index (Phi) is 12.5. The van der Waals surface area contributed by atoms with E-state index in [0.717, 1.165) is 43.6 Å². The highest BCUT2D eigenvalue weighted by Crippen LogP contribution is 2.33. The van der Waals surface area contributed by atoms with Gasteiger partial charge < -0.3 is 39.6 Å². The van der Waals surface area contributed by atoms with Crippen molar-refractivity contribution in [2.75, 3.05) is 66.9 Å². The van der Waals surface area contributed by atoms with Gasteiger partial charge in [-0.15, -0.1) is 0 Å². The smallest absolute Gasteiger partial charge is 0.406 e. The molecule has 0 radical (unpaired) electrons. The van der Waals surface area contributed by atoms with E-state index in [1.54, 1.807) is 12.1 Å². The summed E-state index contributed by atoms with van der Waals surface area (Å²) in [5, 5.41) is 9.63. The molecule has 3 N–H and O–H groups in total. The zero-order valence-electron chi connectivity index (χ0n) is 25.3. The predicted octanol–water partition coefficient (Wildman–Crippen LogP) is 4.35. The van der Waals surface area contributed by atoms with Crippen LogP contribution in [-0.2, 0) is 18.9 Å². The second-order valence-electron chi connectivity index (χ2n) is 11.6. The molecule has 0 saturated carbocycles. The first kappa shape index (κ1) is 33.0. The van der Waals surface area contributed by atoms with E-state index < -0.39 is 12.2 Å². The monoisotopic (exact) mass is 617 g/mol. The molecule has 10 nitrogen and oxygen atoms in total. The van der Waals surface area contributed by atoms with Gasteiger partial charge in [0.25, 0.3) is 5.91 Å². The van der Waals surface area contributed by atoms with Gasteiger partial charge in [0.2, 0.25) is 0 Å². The van der Waals surface area contributed by atoms with Gasteiger partial charge in [0.1, 0.15) is 11.9 Å². The van der Waals surface area contributed by atoms with Crippen LogP contribution < -0.4 is 20.7 Å². The number of amides is 2. The van der Waals surface area contributed by atoms with Crippen LogP contribution in [0, 0.1) is 11.3 Å². The molecule has 0 bridgehead atoms. The van der Waals surface area contributed by atoms with Gasteiger partial charge in [0, 0.05) is 48.3 Å². The van der Waals surface area contributed by atoms with E-state index in [2.05, 4.69) is 27.6 Å². The number of likely N-dealkylation sites (N-methyl/N-ethyl adjacent to an activating group) is 1. The Morgan fingerprint density at radius 2 is 1.95 bits per heavy atom. The lowest BCUT2D eigenvalue weighted by Crippen LogP contribution is -2.44. The first-order valence-electron chi connectivity index (χ1n) is 14.9. The molecule has 11 heteroatoms. The molecule has 2 heterocycles. The van der Waals surface area contributed by atoms with E-state index in [4.69, 9.17) is 30.5 Å². The van der Waals surface area contributed by atoms with E-state index in [-0.39, 0.29) is 30.5 Å². The number of rotatable bonds is 15. The van der Waals surface area contributed by atoms with Gasteiger partial charge in [0.15, 0.2) is 0 Å². The molecule has 2 amide bonds. The number of methoxy groups -OCH3 is 1. The number of halogens is 1. The highest BCUT2D eigenvalue weighted by Gasteiger charge is 2.34. The Bertz CT molecular complexity index is 1200. The molecule has 2 fully saturated rings. The Morgan fingerprint density at radius 3 is 2.63 bits per heavy atom. The lowest BCUT2D eigenvalue weighted by Gasteiger charge is -2.37. The van der Waals surface area contributed by atoms with Crippen molar-refractivity contribution in [3.05, 3.63) is 64.2 Å². The van der Waals surface area contributed by atoms with Gasteiger partial charge in [0.05, 0.1) is 33.5 Å². The van der Waals surface area contributed by atoms with E-state index in [1.165, 1.54) is 7.11 Å². The third kappa shape index (κ3) is 10.1. The summed E-state index contributed by atoms with van der Waals surface area (Å²) in [6.45, 7) is 6.31. The van der Waals surface area contributed by atoms with Crippen LogP contribution in [0.5, 0.6) is 5.75 Å². The second-order valence-corrected chi connectivity index (χ2v) is 12.1. The first-order chi connectivity index (χ1) is 20.8. The Labute approximate surface area is 259 Å². The standard InChI is InChI=1S/C32H44ClN3O7/c1-32(19-41-20-32)21-43-28-15-24(29(23-7-4-8-26(33)14-23)42-11-9-35-31(38)39-3)13-25(16-28)30(37)36-17-27(34-2)12-22-6-5-10-40-18-22/h4,7-8,13-16,22,27,29,34H,5-6,9-12,17-21H2,1-3H3,(H,35,38)(H,36,37)/t22-,27+,29?/m1/s1. The molecule has 2 aromatic rings. The van der Waals surface area contributed by atoms with Crippen molar-refractivity contribution in [3.63, 3.8) is 0 Å². The summed E-state index contributed by atoms with van der Waals surface area (Å²) < 4.78 is 28.2. The molecule has 2 aromatic carbocycles. The fourth-order valence-electron chi connectivity index (χ4n) is 5.25. The van der Waals surface area contributed by atoms with Crippen LogP contribution in [0.2, 0.25) is 5.02 Å². The number of hydrogen-bond donors (Lipinski definition) is 3. The van der Waals surface area contributed by atoms with E-state index in [1.807, 2.05) is 37.4 Å². The predicted molar refractivity (Wildman–Crippen MR) is 164 cm³/mol. The Hall–Kier alpha value is -2.89. The Balaban J connectivity index is 1.55. The maximum atomic E-state index is 13.5. The summed E-state index contributed by atoms with van der Waals surface area (Å²) in [6, 6.07) is 13.0. The van der Waals surface area contributed by atoms with Crippen molar-refractivity contribution in [2.24, 2.45) is 11.3 Å². The van der Waals surface area contributed by atoms with Crippen LogP contribution in [0.25, 0.3) is 0 Å². The van der Waals surface area contributed by atoms with Gasteiger partial charge in [-0.25, -0.2) is 4.79 Å². The van der Waals surface area contributed by atoms with Crippen molar-refractivity contribution in [2.45, 2.75) is 38.3 Å². The van der Waals surface area contributed by atoms with Crippen molar-refractivity contribution < 1.29 is 33.3 Å². The van der Waals surface area contributed by atoms with Crippen molar-refractivity contribution in [1.29, 1.82) is 0 Å². The third-order valence-electron chi connectivity index (χ3n) is 7.76. The van der Waals surface area contributed by atoms with Crippen LogP contribution in [0.3, 0.4) is 0 Å². The minimum atomic E-state index is -0.577. The maximum absolute atomic E-state index is 13.5. The number of hydrogen-bond acceptors (Lipinski definition) is 8. The molecule has 43 heavy (non-hydrogen) atoms. The van der Waals surface area contributed by atoms with Crippen LogP contribution in [0.4, 0.5) is 4.79 Å². The molecule has 236 valence electrons. The van der Waals surface area contributed by atoms with Crippen molar-refractivity contribution >= 4 is 23.6 Å². The van der Waals surface area contributed by atoms with Gasteiger partial charge >= 0.3 is 6.09 Å². The molecule has 0 aliphatic carbocycles. The maximum Gasteiger partial charge on any atom is 0.406 e. The number of nitrogens with one attached hydrogen (secondary N) is 3. The zero-order chi connectivity index (χ0) is 30.7. The van der Waals surface area contributed by atoms with E-state index in [0.29, 0.717) is 48.6 Å². The molecule has 0 aromatic heterocycles. The number of ether oxygens (including phenoxy) is 5. The molecule has 2 aliphatic rings. The summed E-state index contributed by atoms with van der Waals surface area (Å²) in [4.78, 5) is 25.1. The lowest BCUT2D eigenvalue weighted by molar-refractivity contribution is -0.120. The topological polar surface area (TPSA) is 116 Å². The molecule has 1 unspecified atom stereocenters. The van der Waals surface area contributed by atoms with E-state index in [9.17, 15) is 9.59 Å². The van der Waals surface area contributed by atoms with Gasteiger partial charge in [-0.1, -0.05) is 30.7 Å². The molecule has 0 spiro atoms. The van der Waals surface area contributed by atoms with Crippen LogP contribution in [0.1, 0.15) is 53.8 Å². The summed E-state index contributed by atoms with van der Waals surface area (Å²) in [5.74, 6) is 0.832. The zero-order valence-corrected chi connectivity index (χ0v) is 26.0. The molecular formula is C32H44ClN3O7. The van der Waals surface area contributed by atoms with Crippen LogP contribution >= 0.6 is 11.6 Å².